The van der Waals surface area contributed by atoms with Crippen LogP contribution in [0.25, 0.3) is 10.1 Å². The summed E-state index contributed by atoms with van der Waals surface area (Å²) in [6.07, 6.45) is -2.33. The highest BCUT2D eigenvalue weighted by molar-refractivity contribution is 7.17. The third-order valence-corrected chi connectivity index (χ3v) is 3.53. The number of nitrogens with one attached hydrogen (secondary N) is 1. The molecule has 0 amide bonds. The lowest BCUT2D eigenvalue weighted by molar-refractivity contribution is 0.114. The van der Waals surface area contributed by atoms with E-state index in [-0.39, 0.29) is 0 Å². The van der Waals surface area contributed by atoms with Crippen molar-refractivity contribution in [3.8, 4) is 0 Å². The Balaban J connectivity index is 2.35. The summed E-state index contributed by atoms with van der Waals surface area (Å²) in [6.45, 7) is 0.299. The van der Waals surface area contributed by atoms with Gasteiger partial charge < -0.3 is 5.32 Å². The van der Waals surface area contributed by atoms with Crippen molar-refractivity contribution >= 4 is 21.4 Å². The van der Waals surface area contributed by atoms with Crippen LogP contribution in [0.2, 0.25) is 0 Å². The topological polar surface area (TPSA) is 12.0 Å². The van der Waals surface area contributed by atoms with Gasteiger partial charge in [0.05, 0.1) is 5.92 Å². The van der Waals surface area contributed by atoms with Crippen LogP contribution in [0, 0.1) is 0 Å². The average Bonchev–Trinajstić information content (AvgIpc) is 2.72. The lowest BCUT2D eigenvalue weighted by Gasteiger charge is -2.15. The van der Waals surface area contributed by atoms with E-state index < -0.39 is 12.3 Å². The summed E-state index contributed by atoms with van der Waals surface area (Å²) in [4.78, 5) is 0. The molecule has 2 rings (SSSR count). The van der Waals surface area contributed by atoms with Crippen LogP contribution in [0.3, 0.4) is 0 Å². The fourth-order valence-corrected chi connectivity index (χ4v) is 2.56. The Morgan fingerprint density at radius 2 is 2.12 bits per heavy atom. The van der Waals surface area contributed by atoms with Gasteiger partial charge in [-0.25, -0.2) is 8.78 Å². The third-order valence-electron chi connectivity index (χ3n) is 2.63. The summed E-state index contributed by atoms with van der Waals surface area (Å²) < 4.78 is 26.9. The third kappa shape index (κ3) is 2.23. The van der Waals surface area contributed by atoms with Crippen molar-refractivity contribution in [2.45, 2.75) is 12.3 Å². The first-order valence-corrected chi connectivity index (χ1v) is 6.00. The minimum atomic E-state index is -2.33. The van der Waals surface area contributed by atoms with Crippen LogP contribution in [-0.4, -0.2) is 20.0 Å². The first kappa shape index (κ1) is 11.5. The van der Waals surface area contributed by atoms with Gasteiger partial charge in [-0.15, -0.1) is 11.3 Å². The molecule has 4 heteroatoms. The highest BCUT2D eigenvalue weighted by atomic mass is 32.1. The van der Waals surface area contributed by atoms with E-state index in [1.165, 1.54) is 0 Å². The summed E-state index contributed by atoms with van der Waals surface area (Å²) in [5.41, 5.74) is 0.704. The standard InChI is InChI=1S/C12H13F2NS/c1-15-7-10(12(13)14)8-2-3-11-9(6-8)4-5-16-11/h2-6,10,12,15H,7H2,1H3. The maximum absolute atomic E-state index is 12.9. The summed E-state index contributed by atoms with van der Waals surface area (Å²) in [7, 11) is 1.69. The van der Waals surface area contributed by atoms with Gasteiger partial charge in [-0.2, -0.15) is 0 Å². The van der Waals surface area contributed by atoms with Crippen molar-refractivity contribution < 1.29 is 8.78 Å². The van der Waals surface area contributed by atoms with E-state index in [9.17, 15) is 8.78 Å². The van der Waals surface area contributed by atoms with Crippen LogP contribution in [0.1, 0.15) is 11.5 Å². The first-order valence-electron chi connectivity index (χ1n) is 5.12. The maximum Gasteiger partial charge on any atom is 0.246 e. The van der Waals surface area contributed by atoms with Gasteiger partial charge in [0.2, 0.25) is 6.43 Å². The Hall–Kier alpha value is -1.00. The van der Waals surface area contributed by atoms with Gasteiger partial charge in [-0.1, -0.05) is 6.07 Å². The molecule has 1 heterocycles. The number of fused-ring (bicyclic) bond motifs is 1. The molecule has 0 radical (unpaired) electrons. The Morgan fingerprint density at radius 3 is 2.81 bits per heavy atom. The van der Waals surface area contributed by atoms with Crippen LogP contribution in [0.5, 0.6) is 0 Å². The van der Waals surface area contributed by atoms with E-state index in [4.69, 9.17) is 0 Å². The molecule has 0 aliphatic heterocycles. The van der Waals surface area contributed by atoms with Gasteiger partial charge >= 0.3 is 0 Å². The zero-order valence-corrected chi connectivity index (χ0v) is 9.73. The highest BCUT2D eigenvalue weighted by Gasteiger charge is 2.21. The summed E-state index contributed by atoms with van der Waals surface area (Å²) in [5, 5.41) is 5.83. The quantitative estimate of drug-likeness (QED) is 0.864. The molecule has 86 valence electrons. The van der Waals surface area contributed by atoms with Crippen LogP contribution in [0.15, 0.2) is 29.6 Å². The molecule has 1 atom stereocenters. The highest BCUT2D eigenvalue weighted by Crippen LogP contribution is 2.28. The van der Waals surface area contributed by atoms with E-state index in [1.54, 1.807) is 24.5 Å². The maximum atomic E-state index is 12.9. The normalized spacial score (nSPS) is 13.5. The summed E-state index contributed by atoms with van der Waals surface area (Å²) in [5.74, 6) is -0.728. The van der Waals surface area contributed by atoms with E-state index in [1.807, 2.05) is 23.6 Å². The molecule has 0 saturated carbocycles. The summed E-state index contributed by atoms with van der Waals surface area (Å²) >= 11 is 1.63. The number of rotatable bonds is 4. The van der Waals surface area contributed by atoms with E-state index in [0.29, 0.717) is 12.1 Å². The van der Waals surface area contributed by atoms with Crippen LogP contribution < -0.4 is 5.32 Å². The molecule has 1 nitrogen and oxygen atoms in total. The van der Waals surface area contributed by atoms with E-state index >= 15 is 0 Å². The van der Waals surface area contributed by atoms with Gasteiger partial charge in [0.15, 0.2) is 0 Å². The summed E-state index contributed by atoms with van der Waals surface area (Å²) in [6, 6.07) is 7.54. The van der Waals surface area contributed by atoms with Crippen molar-refractivity contribution in [3.05, 3.63) is 35.2 Å². The minimum absolute atomic E-state index is 0.299. The lowest BCUT2D eigenvalue weighted by Crippen LogP contribution is -2.22. The van der Waals surface area contributed by atoms with Gasteiger partial charge in [-0.3, -0.25) is 0 Å². The predicted octanol–water partition coefficient (Wildman–Crippen LogP) is 3.47. The smallest absolute Gasteiger partial charge is 0.246 e. The fourth-order valence-electron chi connectivity index (χ4n) is 1.79. The van der Waals surface area contributed by atoms with Crippen molar-refractivity contribution in [2.24, 2.45) is 0 Å². The number of hydrogen-bond donors (Lipinski definition) is 1. The molecule has 0 bridgehead atoms. The second-order valence-electron chi connectivity index (χ2n) is 3.72. The predicted molar refractivity (Wildman–Crippen MR) is 64.5 cm³/mol. The van der Waals surface area contributed by atoms with Gasteiger partial charge in [-0.05, 0) is 41.6 Å². The monoisotopic (exact) mass is 241 g/mol. The molecular formula is C12H13F2NS. The van der Waals surface area contributed by atoms with Crippen LogP contribution in [0.4, 0.5) is 8.78 Å². The number of hydrogen-bond acceptors (Lipinski definition) is 2. The Morgan fingerprint density at radius 1 is 1.31 bits per heavy atom. The molecule has 1 aromatic heterocycles. The molecule has 1 N–H and O–H groups in total. The lowest BCUT2D eigenvalue weighted by atomic mass is 9.98. The van der Waals surface area contributed by atoms with Crippen molar-refractivity contribution in [3.63, 3.8) is 0 Å². The molecule has 1 unspecified atom stereocenters. The number of benzene rings is 1. The number of alkyl halides is 2. The number of likely N-dealkylation sites (N-methyl/N-ethyl adjacent to an activating group) is 1. The molecule has 0 spiro atoms. The zero-order valence-electron chi connectivity index (χ0n) is 8.91. The average molecular weight is 241 g/mol. The number of halogens is 2. The second-order valence-corrected chi connectivity index (χ2v) is 4.66. The SMILES string of the molecule is CNCC(c1ccc2sccc2c1)C(F)F. The Kier molecular flexibility index (Phi) is 3.51. The Bertz CT molecular complexity index is 467. The van der Waals surface area contributed by atoms with Crippen LogP contribution >= 0.6 is 11.3 Å². The molecule has 2 aromatic rings. The van der Waals surface area contributed by atoms with Crippen molar-refractivity contribution in [1.29, 1.82) is 0 Å². The molecular weight excluding hydrogens is 228 g/mol. The molecule has 0 aliphatic carbocycles. The van der Waals surface area contributed by atoms with Crippen LogP contribution in [-0.2, 0) is 0 Å². The van der Waals surface area contributed by atoms with Crippen molar-refractivity contribution in [1.82, 2.24) is 5.32 Å². The molecule has 0 aliphatic rings. The molecule has 0 fully saturated rings. The van der Waals surface area contributed by atoms with Gasteiger partial charge in [0.1, 0.15) is 0 Å². The van der Waals surface area contributed by atoms with E-state index in [2.05, 4.69) is 5.32 Å². The van der Waals surface area contributed by atoms with Gasteiger partial charge in [0, 0.05) is 11.2 Å². The minimum Gasteiger partial charge on any atom is -0.319 e. The van der Waals surface area contributed by atoms with Gasteiger partial charge in [0.25, 0.3) is 0 Å². The largest absolute Gasteiger partial charge is 0.319 e. The zero-order chi connectivity index (χ0) is 11.5. The number of thiophene rings is 1. The fraction of sp³-hybridized carbons (Fsp3) is 0.333. The molecule has 1 aromatic carbocycles. The van der Waals surface area contributed by atoms with E-state index in [0.717, 1.165) is 10.1 Å². The first-order chi connectivity index (χ1) is 7.72. The second kappa shape index (κ2) is 4.89. The molecule has 0 saturated heterocycles. The van der Waals surface area contributed by atoms with Crippen molar-refractivity contribution in [2.75, 3.05) is 13.6 Å². The molecule has 16 heavy (non-hydrogen) atoms. The Labute approximate surface area is 97.1 Å².